The van der Waals surface area contributed by atoms with Gasteiger partial charge in [0, 0.05) is 0 Å². The molecule has 0 radical (unpaired) electrons. The van der Waals surface area contributed by atoms with E-state index in [2.05, 4.69) is 0 Å². The first kappa shape index (κ1) is 15.0. The number of rotatable bonds is 4. The topological polar surface area (TPSA) is 57.5 Å². The fraction of sp³-hybridized carbons (Fsp3) is 0.588. The lowest BCUT2D eigenvalue weighted by Crippen LogP contribution is -2.44. The van der Waals surface area contributed by atoms with Crippen LogP contribution in [0.1, 0.15) is 39.2 Å². The van der Waals surface area contributed by atoms with Gasteiger partial charge < -0.3 is 10.2 Å². The van der Waals surface area contributed by atoms with Gasteiger partial charge in [0.1, 0.15) is 0 Å². The molecule has 0 heterocycles. The number of aliphatic hydroxyl groups excluding tert-OH is 1. The van der Waals surface area contributed by atoms with Gasteiger partial charge in [-0.15, -0.1) is 0 Å². The summed E-state index contributed by atoms with van der Waals surface area (Å²) < 4.78 is 0. The second-order valence-electron chi connectivity index (χ2n) is 6.76. The van der Waals surface area contributed by atoms with Crippen molar-refractivity contribution >= 4 is 5.97 Å². The van der Waals surface area contributed by atoms with E-state index in [1.165, 1.54) is 0 Å². The van der Waals surface area contributed by atoms with Crippen LogP contribution in [0, 0.1) is 16.7 Å². The van der Waals surface area contributed by atoms with Crippen LogP contribution in [0.3, 0.4) is 0 Å². The smallest absolute Gasteiger partial charge is 0.309 e. The average molecular weight is 276 g/mol. The van der Waals surface area contributed by atoms with Gasteiger partial charge >= 0.3 is 5.97 Å². The first-order valence-corrected chi connectivity index (χ1v) is 7.24. The fourth-order valence-electron chi connectivity index (χ4n) is 3.59. The van der Waals surface area contributed by atoms with Crippen LogP contribution in [0.2, 0.25) is 0 Å². The molecule has 3 heteroatoms. The van der Waals surface area contributed by atoms with Crippen molar-refractivity contribution in [1.82, 2.24) is 0 Å². The highest BCUT2D eigenvalue weighted by Gasteiger charge is 2.57. The Morgan fingerprint density at radius 3 is 2.40 bits per heavy atom. The normalized spacial score (nSPS) is 30.1. The molecule has 0 aromatic heterocycles. The molecule has 0 spiro atoms. The summed E-state index contributed by atoms with van der Waals surface area (Å²) in [5, 5.41) is 20.1. The van der Waals surface area contributed by atoms with E-state index in [9.17, 15) is 15.0 Å². The quantitative estimate of drug-likeness (QED) is 0.888. The Balaban J connectivity index is 2.16. The van der Waals surface area contributed by atoms with Crippen molar-refractivity contribution in [2.75, 3.05) is 0 Å². The standard InChI is InChI=1S/C17H24O3/c1-16(2)13(9-10-17(16,3)15(19)20)14(18)11-12-7-5-4-6-8-12/h4-8,13-14,18H,9-11H2,1-3H3,(H,19,20)/t13-,14-,17+/m0/s1. The zero-order valence-corrected chi connectivity index (χ0v) is 12.5. The Morgan fingerprint density at radius 1 is 1.30 bits per heavy atom. The van der Waals surface area contributed by atoms with Gasteiger partial charge in [-0.2, -0.15) is 0 Å². The average Bonchev–Trinajstić information content (AvgIpc) is 2.63. The largest absolute Gasteiger partial charge is 0.481 e. The SMILES string of the molecule is CC1(C)[C@H]([C@@H](O)Cc2ccccc2)CC[C@]1(C)C(=O)O. The predicted molar refractivity (Wildman–Crippen MR) is 78.4 cm³/mol. The van der Waals surface area contributed by atoms with Crippen molar-refractivity contribution in [3.63, 3.8) is 0 Å². The predicted octanol–water partition coefficient (Wildman–Crippen LogP) is 3.12. The molecule has 0 amide bonds. The minimum Gasteiger partial charge on any atom is -0.481 e. The number of aliphatic hydroxyl groups is 1. The summed E-state index contributed by atoms with van der Waals surface area (Å²) in [7, 11) is 0. The fourth-order valence-corrected chi connectivity index (χ4v) is 3.59. The molecule has 3 atom stereocenters. The van der Waals surface area contributed by atoms with E-state index in [-0.39, 0.29) is 5.92 Å². The zero-order chi connectivity index (χ0) is 15.0. The van der Waals surface area contributed by atoms with Crippen molar-refractivity contribution in [2.24, 2.45) is 16.7 Å². The third-order valence-corrected chi connectivity index (χ3v) is 5.53. The van der Waals surface area contributed by atoms with Crippen LogP contribution in [-0.4, -0.2) is 22.3 Å². The van der Waals surface area contributed by atoms with Gasteiger partial charge in [0.15, 0.2) is 0 Å². The van der Waals surface area contributed by atoms with E-state index in [0.29, 0.717) is 12.8 Å². The monoisotopic (exact) mass is 276 g/mol. The Labute approximate surface area is 120 Å². The summed E-state index contributed by atoms with van der Waals surface area (Å²) >= 11 is 0. The minimum absolute atomic E-state index is 0.0174. The number of carbonyl (C=O) groups is 1. The Morgan fingerprint density at radius 2 is 1.90 bits per heavy atom. The lowest BCUT2D eigenvalue weighted by molar-refractivity contribution is -0.155. The third kappa shape index (κ3) is 2.35. The maximum atomic E-state index is 11.6. The molecule has 110 valence electrons. The summed E-state index contributed by atoms with van der Waals surface area (Å²) in [6, 6.07) is 9.88. The van der Waals surface area contributed by atoms with Gasteiger partial charge in [0.05, 0.1) is 11.5 Å². The van der Waals surface area contributed by atoms with E-state index in [1.807, 2.05) is 51.1 Å². The van der Waals surface area contributed by atoms with Crippen molar-refractivity contribution < 1.29 is 15.0 Å². The summed E-state index contributed by atoms with van der Waals surface area (Å²) in [4.78, 5) is 11.6. The van der Waals surface area contributed by atoms with Crippen molar-refractivity contribution in [2.45, 2.75) is 46.1 Å². The van der Waals surface area contributed by atoms with Crippen LogP contribution in [0.4, 0.5) is 0 Å². The maximum absolute atomic E-state index is 11.6. The highest BCUT2D eigenvalue weighted by atomic mass is 16.4. The summed E-state index contributed by atoms with van der Waals surface area (Å²) in [5.41, 5.74) is -0.0674. The number of aliphatic carboxylic acids is 1. The van der Waals surface area contributed by atoms with E-state index >= 15 is 0 Å². The first-order valence-electron chi connectivity index (χ1n) is 7.24. The van der Waals surface area contributed by atoms with Crippen molar-refractivity contribution in [1.29, 1.82) is 0 Å². The molecule has 0 saturated heterocycles. The van der Waals surface area contributed by atoms with Crippen LogP contribution in [0.5, 0.6) is 0 Å². The number of benzene rings is 1. The molecule has 0 unspecified atom stereocenters. The van der Waals surface area contributed by atoms with Gasteiger partial charge in [-0.25, -0.2) is 0 Å². The first-order chi connectivity index (χ1) is 9.29. The molecule has 1 aromatic carbocycles. The van der Waals surface area contributed by atoms with E-state index in [0.717, 1.165) is 12.0 Å². The Bertz CT molecular complexity index is 480. The molecule has 1 aliphatic rings. The lowest BCUT2D eigenvalue weighted by atomic mass is 9.64. The van der Waals surface area contributed by atoms with E-state index < -0.39 is 22.9 Å². The molecule has 1 aliphatic carbocycles. The molecule has 3 nitrogen and oxygen atoms in total. The second kappa shape index (κ2) is 5.21. The van der Waals surface area contributed by atoms with Gasteiger partial charge in [0.2, 0.25) is 0 Å². The summed E-state index contributed by atoms with van der Waals surface area (Å²) in [6.07, 6.45) is 1.49. The van der Waals surface area contributed by atoms with Crippen LogP contribution in [-0.2, 0) is 11.2 Å². The molecule has 1 aromatic rings. The van der Waals surface area contributed by atoms with Crippen molar-refractivity contribution in [3.8, 4) is 0 Å². The van der Waals surface area contributed by atoms with Crippen LogP contribution in [0.15, 0.2) is 30.3 Å². The van der Waals surface area contributed by atoms with Crippen LogP contribution in [0.25, 0.3) is 0 Å². The highest BCUT2D eigenvalue weighted by molar-refractivity contribution is 5.75. The van der Waals surface area contributed by atoms with Gasteiger partial charge in [-0.1, -0.05) is 44.2 Å². The maximum Gasteiger partial charge on any atom is 0.309 e. The van der Waals surface area contributed by atoms with Crippen molar-refractivity contribution in [3.05, 3.63) is 35.9 Å². The molecule has 0 aliphatic heterocycles. The van der Waals surface area contributed by atoms with E-state index in [4.69, 9.17) is 0 Å². The lowest BCUT2D eigenvalue weighted by Gasteiger charge is -2.40. The molecule has 1 fully saturated rings. The number of carboxylic acid groups (broad SMARTS) is 1. The minimum atomic E-state index is -0.755. The second-order valence-corrected chi connectivity index (χ2v) is 6.76. The Kier molecular flexibility index (Phi) is 3.92. The highest BCUT2D eigenvalue weighted by Crippen LogP contribution is 2.57. The molecular weight excluding hydrogens is 252 g/mol. The van der Waals surface area contributed by atoms with Gasteiger partial charge in [-0.3, -0.25) is 4.79 Å². The number of carboxylic acids is 1. The third-order valence-electron chi connectivity index (χ3n) is 5.53. The molecule has 0 bridgehead atoms. The molecule has 1 saturated carbocycles. The zero-order valence-electron chi connectivity index (χ0n) is 12.5. The van der Waals surface area contributed by atoms with Crippen LogP contribution < -0.4 is 0 Å². The Hall–Kier alpha value is -1.35. The molecule has 2 N–H and O–H groups in total. The van der Waals surface area contributed by atoms with Gasteiger partial charge in [0.25, 0.3) is 0 Å². The molecule has 2 rings (SSSR count). The summed E-state index contributed by atoms with van der Waals surface area (Å²) in [6.45, 7) is 5.77. The summed E-state index contributed by atoms with van der Waals surface area (Å²) in [5.74, 6) is -0.735. The molecular formula is C17H24O3. The number of hydrogen-bond acceptors (Lipinski definition) is 2. The van der Waals surface area contributed by atoms with Crippen LogP contribution >= 0.6 is 0 Å². The van der Waals surface area contributed by atoms with Gasteiger partial charge in [-0.05, 0) is 43.1 Å². The number of hydrogen-bond donors (Lipinski definition) is 2. The van der Waals surface area contributed by atoms with E-state index in [1.54, 1.807) is 0 Å². The molecule has 20 heavy (non-hydrogen) atoms.